The van der Waals surface area contributed by atoms with E-state index < -0.39 is 0 Å². The zero-order valence-electron chi connectivity index (χ0n) is 7.60. The third-order valence-electron chi connectivity index (χ3n) is 3.58. The van der Waals surface area contributed by atoms with Crippen LogP contribution in [0.15, 0.2) is 0 Å². The summed E-state index contributed by atoms with van der Waals surface area (Å²) in [5.41, 5.74) is 0.354. The molecule has 0 spiro atoms. The summed E-state index contributed by atoms with van der Waals surface area (Å²) in [5.74, 6) is 0.785. The minimum atomic E-state index is 0.354. The van der Waals surface area contributed by atoms with E-state index in [1.54, 1.807) is 0 Å². The molecule has 1 nitrogen and oxygen atoms in total. The second-order valence-electron chi connectivity index (χ2n) is 4.12. The van der Waals surface area contributed by atoms with E-state index in [1.807, 2.05) is 0 Å². The van der Waals surface area contributed by atoms with Crippen LogP contribution in [0.4, 0.5) is 0 Å². The Kier molecular flexibility index (Phi) is 1.71. The lowest BCUT2D eigenvalue weighted by molar-refractivity contribution is 0.209. The minimum absolute atomic E-state index is 0.354. The van der Waals surface area contributed by atoms with Gasteiger partial charge >= 0.3 is 0 Å². The fourth-order valence-corrected chi connectivity index (χ4v) is 2.51. The SMILES string of the molecule is CCC(C)C12CCCCC1O2. The summed E-state index contributed by atoms with van der Waals surface area (Å²) in [6.07, 6.45) is 7.35. The summed E-state index contributed by atoms with van der Waals surface area (Å²) in [5, 5.41) is 0. The highest BCUT2D eigenvalue weighted by Crippen LogP contribution is 2.53. The Balaban J connectivity index is 2.01. The van der Waals surface area contributed by atoms with Gasteiger partial charge < -0.3 is 4.74 Å². The van der Waals surface area contributed by atoms with Gasteiger partial charge in [0, 0.05) is 0 Å². The largest absolute Gasteiger partial charge is 0.366 e. The summed E-state index contributed by atoms with van der Waals surface area (Å²) >= 11 is 0. The maximum Gasteiger partial charge on any atom is 0.0973 e. The average molecular weight is 154 g/mol. The van der Waals surface area contributed by atoms with Gasteiger partial charge in [-0.25, -0.2) is 0 Å². The van der Waals surface area contributed by atoms with Crippen LogP contribution in [-0.2, 0) is 4.74 Å². The van der Waals surface area contributed by atoms with Crippen LogP contribution in [0.5, 0.6) is 0 Å². The van der Waals surface area contributed by atoms with Crippen molar-refractivity contribution in [3.63, 3.8) is 0 Å². The molecular formula is C10H18O. The number of hydrogen-bond donors (Lipinski definition) is 0. The normalized spacial score (nSPS) is 44.7. The predicted octanol–water partition coefficient (Wildman–Crippen LogP) is 2.74. The molecule has 1 aliphatic heterocycles. The summed E-state index contributed by atoms with van der Waals surface area (Å²) in [4.78, 5) is 0. The molecule has 2 fully saturated rings. The lowest BCUT2D eigenvalue weighted by Gasteiger charge is -2.22. The van der Waals surface area contributed by atoms with Gasteiger partial charge in [-0.3, -0.25) is 0 Å². The summed E-state index contributed by atoms with van der Waals surface area (Å²) in [6, 6.07) is 0. The van der Waals surface area contributed by atoms with Gasteiger partial charge in [0.2, 0.25) is 0 Å². The van der Waals surface area contributed by atoms with Crippen molar-refractivity contribution in [2.24, 2.45) is 5.92 Å². The monoisotopic (exact) mass is 154 g/mol. The van der Waals surface area contributed by atoms with Crippen LogP contribution in [-0.4, -0.2) is 11.7 Å². The van der Waals surface area contributed by atoms with E-state index in [2.05, 4.69) is 13.8 Å². The van der Waals surface area contributed by atoms with E-state index in [0.29, 0.717) is 11.7 Å². The van der Waals surface area contributed by atoms with E-state index in [9.17, 15) is 0 Å². The van der Waals surface area contributed by atoms with Crippen molar-refractivity contribution in [1.29, 1.82) is 0 Å². The summed E-state index contributed by atoms with van der Waals surface area (Å²) < 4.78 is 5.82. The van der Waals surface area contributed by atoms with Crippen molar-refractivity contribution in [2.75, 3.05) is 0 Å². The zero-order valence-corrected chi connectivity index (χ0v) is 7.60. The van der Waals surface area contributed by atoms with Crippen LogP contribution in [0.2, 0.25) is 0 Å². The fraction of sp³-hybridized carbons (Fsp3) is 1.00. The van der Waals surface area contributed by atoms with Crippen molar-refractivity contribution in [3.05, 3.63) is 0 Å². The molecule has 1 saturated heterocycles. The Hall–Kier alpha value is -0.0400. The van der Waals surface area contributed by atoms with Crippen LogP contribution in [0.1, 0.15) is 46.0 Å². The number of rotatable bonds is 2. The summed E-state index contributed by atoms with van der Waals surface area (Å²) in [6.45, 7) is 4.61. The number of hydrogen-bond acceptors (Lipinski definition) is 1. The molecule has 0 aromatic carbocycles. The number of epoxide rings is 1. The molecule has 0 radical (unpaired) electrons. The second-order valence-corrected chi connectivity index (χ2v) is 4.12. The van der Waals surface area contributed by atoms with E-state index in [0.717, 1.165) is 5.92 Å². The molecule has 2 rings (SSSR count). The Morgan fingerprint density at radius 1 is 1.55 bits per heavy atom. The molecule has 0 aromatic rings. The number of ether oxygens (including phenoxy) is 1. The molecule has 0 bridgehead atoms. The molecular weight excluding hydrogens is 136 g/mol. The van der Waals surface area contributed by atoms with Crippen molar-refractivity contribution < 1.29 is 4.74 Å². The zero-order chi connectivity index (χ0) is 7.90. The van der Waals surface area contributed by atoms with Crippen LogP contribution in [0, 0.1) is 5.92 Å². The topological polar surface area (TPSA) is 12.5 Å². The van der Waals surface area contributed by atoms with Crippen LogP contribution in [0.3, 0.4) is 0 Å². The highest BCUT2D eigenvalue weighted by atomic mass is 16.6. The van der Waals surface area contributed by atoms with Crippen LogP contribution in [0.25, 0.3) is 0 Å². The van der Waals surface area contributed by atoms with Crippen molar-refractivity contribution in [3.8, 4) is 0 Å². The first-order chi connectivity index (χ1) is 5.29. The van der Waals surface area contributed by atoms with E-state index in [1.165, 1.54) is 32.1 Å². The van der Waals surface area contributed by atoms with Gasteiger partial charge in [-0.15, -0.1) is 0 Å². The number of fused-ring (bicyclic) bond motifs is 1. The maximum atomic E-state index is 5.82. The van der Waals surface area contributed by atoms with E-state index >= 15 is 0 Å². The Bertz CT molecular complexity index is 155. The van der Waals surface area contributed by atoms with Gasteiger partial charge in [-0.2, -0.15) is 0 Å². The molecule has 0 amide bonds. The first kappa shape index (κ1) is 7.60. The Morgan fingerprint density at radius 3 is 3.00 bits per heavy atom. The Morgan fingerprint density at radius 2 is 2.36 bits per heavy atom. The molecule has 1 saturated carbocycles. The minimum Gasteiger partial charge on any atom is -0.366 e. The predicted molar refractivity (Wildman–Crippen MR) is 45.5 cm³/mol. The standard InChI is InChI=1S/C10H18O/c1-3-8(2)10-7-5-4-6-9(10)11-10/h8-9H,3-7H2,1-2H3. The van der Waals surface area contributed by atoms with Crippen LogP contribution < -0.4 is 0 Å². The first-order valence-electron chi connectivity index (χ1n) is 4.97. The fourth-order valence-electron chi connectivity index (χ4n) is 2.51. The van der Waals surface area contributed by atoms with Crippen molar-refractivity contribution in [1.82, 2.24) is 0 Å². The molecule has 1 aliphatic carbocycles. The van der Waals surface area contributed by atoms with Gasteiger partial charge in [0.05, 0.1) is 11.7 Å². The highest BCUT2D eigenvalue weighted by Gasteiger charge is 2.59. The second kappa shape index (κ2) is 2.48. The van der Waals surface area contributed by atoms with E-state index in [-0.39, 0.29) is 0 Å². The molecule has 3 atom stereocenters. The molecule has 64 valence electrons. The maximum absolute atomic E-state index is 5.82. The van der Waals surface area contributed by atoms with Crippen molar-refractivity contribution in [2.45, 2.75) is 57.7 Å². The Labute approximate surface area is 69.1 Å². The molecule has 2 aliphatic rings. The molecule has 0 aromatic heterocycles. The van der Waals surface area contributed by atoms with Crippen molar-refractivity contribution >= 4 is 0 Å². The van der Waals surface area contributed by atoms with Gasteiger partial charge in [0.25, 0.3) is 0 Å². The van der Waals surface area contributed by atoms with Gasteiger partial charge in [0.15, 0.2) is 0 Å². The quantitative estimate of drug-likeness (QED) is 0.557. The molecule has 0 N–H and O–H groups in total. The third kappa shape index (κ3) is 1.01. The molecule has 1 heteroatoms. The van der Waals surface area contributed by atoms with Gasteiger partial charge in [0.1, 0.15) is 0 Å². The van der Waals surface area contributed by atoms with Gasteiger partial charge in [-0.1, -0.05) is 33.1 Å². The average Bonchev–Trinajstić information content (AvgIpc) is 2.78. The molecule has 1 heterocycles. The third-order valence-corrected chi connectivity index (χ3v) is 3.58. The van der Waals surface area contributed by atoms with Gasteiger partial charge in [-0.05, 0) is 18.8 Å². The summed E-state index contributed by atoms with van der Waals surface area (Å²) in [7, 11) is 0. The lowest BCUT2D eigenvalue weighted by atomic mass is 9.79. The smallest absolute Gasteiger partial charge is 0.0973 e. The van der Waals surface area contributed by atoms with Crippen LogP contribution >= 0.6 is 0 Å². The first-order valence-corrected chi connectivity index (χ1v) is 4.97. The highest BCUT2D eigenvalue weighted by molar-refractivity contribution is 5.07. The molecule has 11 heavy (non-hydrogen) atoms. The lowest BCUT2D eigenvalue weighted by Crippen LogP contribution is -2.27. The van der Waals surface area contributed by atoms with E-state index in [4.69, 9.17) is 4.74 Å². The molecule has 3 unspecified atom stereocenters.